The van der Waals surface area contributed by atoms with Gasteiger partial charge in [0.05, 0.1) is 6.10 Å². The summed E-state index contributed by atoms with van der Waals surface area (Å²) in [7, 11) is 0. The van der Waals surface area contributed by atoms with E-state index in [2.05, 4.69) is 27.4 Å². The fourth-order valence-electron chi connectivity index (χ4n) is 5.84. The molecule has 0 radical (unpaired) electrons. The fraction of sp³-hybridized carbons (Fsp3) is 0.750. The molecule has 0 amide bonds. The van der Waals surface area contributed by atoms with E-state index in [1.807, 2.05) is 0 Å². The van der Waals surface area contributed by atoms with E-state index in [-0.39, 0.29) is 16.9 Å². The molecular weight excluding hydrogens is 288 g/mol. The maximum Gasteiger partial charge on any atom is 0.155 e. The number of rotatable bonds is 2. The van der Waals surface area contributed by atoms with E-state index in [9.17, 15) is 9.90 Å². The molecule has 2 fully saturated rings. The molecule has 3 aliphatic rings. The zero-order chi connectivity index (χ0) is 16.8. The number of ether oxygens (including phenoxy) is 1. The third kappa shape index (κ3) is 2.62. The number of carbonyl (C=O) groups excluding carboxylic acids is 1. The molecule has 1 N–H and O–H groups in total. The molecule has 1 saturated heterocycles. The summed E-state index contributed by atoms with van der Waals surface area (Å²) in [6, 6.07) is 0. The van der Waals surface area contributed by atoms with E-state index in [1.54, 1.807) is 6.08 Å². The van der Waals surface area contributed by atoms with Crippen LogP contribution in [0.4, 0.5) is 0 Å². The summed E-state index contributed by atoms with van der Waals surface area (Å²) >= 11 is 0. The van der Waals surface area contributed by atoms with Crippen LogP contribution in [0.1, 0.15) is 59.3 Å². The van der Waals surface area contributed by atoms with Crippen LogP contribution in [0.15, 0.2) is 23.8 Å². The van der Waals surface area contributed by atoms with Gasteiger partial charge in [-0.05, 0) is 53.9 Å². The van der Waals surface area contributed by atoms with E-state index in [0.717, 1.165) is 31.1 Å². The second-order valence-electron chi connectivity index (χ2n) is 8.60. The van der Waals surface area contributed by atoms with E-state index >= 15 is 0 Å². The highest BCUT2D eigenvalue weighted by Crippen LogP contribution is 2.61. The lowest BCUT2D eigenvalue weighted by Crippen LogP contribution is -2.49. The molecule has 3 heteroatoms. The summed E-state index contributed by atoms with van der Waals surface area (Å²) in [4.78, 5) is 11.7. The molecule has 5 atom stereocenters. The SMILES string of the molecule is C=CC1=C(C=O)[C@@H]2O[C@@H](O)C[C@@H]3C(C)(C)CCC[C@]3(C)[C@@H]2CC1. The number of allylic oxidation sites excluding steroid dienone is 2. The lowest BCUT2D eigenvalue weighted by Gasteiger charge is -2.55. The first kappa shape index (κ1) is 16.9. The second-order valence-corrected chi connectivity index (χ2v) is 8.60. The normalized spacial score (nSPS) is 43.1. The third-order valence-corrected chi connectivity index (χ3v) is 7.00. The van der Waals surface area contributed by atoms with Gasteiger partial charge in [-0.15, -0.1) is 0 Å². The number of hydrogen-bond acceptors (Lipinski definition) is 3. The molecule has 3 nitrogen and oxygen atoms in total. The van der Waals surface area contributed by atoms with Crippen LogP contribution < -0.4 is 0 Å². The molecule has 0 spiro atoms. The minimum atomic E-state index is -0.786. The predicted octanol–water partition coefficient (Wildman–Crippen LogP) is 4.02. The lowest BCUT2D eigenvalue weighted by molar-refractivity contribution is -0.141. The summed E-state index contributed by atoms with van der Waals surface area (Å²) in [5, 5.41) is 10.5. The Morgan fingerprint density at radius 1 is 1.30 bits per heavy atom. The summed E-state index contributed by atoms with van der Waals surface area (Å²) in [6.07, 6.45) is 7.79. The van der Waals surface area contributed by atoms with Gasteiger partial charge >= 0.3 is 0 Å². The molecule has 3 rings (SSSR count). The molecule has 23 heavy (non-hydrogen) atoms. The van der Waals surface area contributed by atoms with Gasteiger partial charge in [0, 0.05) is 12.0 Å². The van der Waals surface area contributed by atoms with Gasteiger partial charge in [-0.1, -0.05) is 39.8 Å². The van der Waals surface area contributed by atoms with Crippen molar-refractivity contribution in [1.82, 2.24) is 0 Å². The number of aldehydes is 1. The Labute approximate surface area is 139 Å². The molecule has 0 unspecified atom stereocenters. The van der Waals surface area contributed by atoms with Crippen LogP contribution in [0, 0.1) is 22.7 Å². The molecule has 0 bridgehead atoms. The Hall–Kier alpha value is -0.930. The van der Waals surface area contributed by atoms with Gasteiger partial charge < -0.3 is 9.84 Å². The van der Waals surface area contributed by atoms with Crippen molar-refractivity contribution in [2.45, 2.75) is 71.7 Å². The summed E-state index contributed by atoms with van der Waals surface area (Å²) in [5.74, 6) is 0.722. The first-order valence-electron chi connectivity index (χ1n) is 8.97. The Morgan fingerprint density at radius 2 is 2.04 bits per heavy atom. The van der Waals surface area contributed by atoms with Gasteiger partial charge in [0.25, 0.3) is 0 Å². The lowest BCUT2D eigenvalue weighted by atomic mass is 9.49. The van der Waals surface area contributed by atoms with Crippen LogP contribution >= 0.6 is 0 Å². The monoisotopic (exact) mass is 318 g/mol. The van der Waals surface area contributed by atoms with E-state index in [0.29, 0.717) is 23.8 Å². The molecule has 1 heterocycles. The third-order valence-electron chi connectivity index (χ3n) is 7.00. The van der Waals surface area contributed by atoms with Gasteiger partial charge in [-0.2, -0.15) is 0 Å². The van der Waals surface area contributed by atoms with Gasteiger partial charge in [-0.25, -0.2) is 0 Å². The van der Waals surface area contributed by atoms with Gasteiger partial charge in [0.1, 0.15) is 6.29 Å². The molecule has 2 aliphatic carbocycles. The number of fused-ring (bicyclic) bond motifs is 3. The molecule has 128 valence electrons. The standard InChI is InChI=1S/C20H30O3/c1-5-13-7-8-15-18(14(13)12-21)23-17(22)11-16-19(2,3)9-6-10-20(15,16)4/h5,12,15-18,22H,1,6-11H2,2-4H3/t15-,16-,17-,18+,20-/m1/s1. The Balaban J connectivity index is 2.08. The zero-order valence-electron chi connectivity index (χ0n) is 14.7. The summed E-state index contributed by atoms with van der Waals surface area (Å²) in [5.41, 5.74) is 2.02. The molecule has 0 aromatic heterocycles. The van der Waals surface area contributed by atoms with Crippen LogP contribution in [-0.4, -0.2) is 23.8 Å². The Bertz CT molecular complexity index is 533. The van der Waals surface area contributed by atoms with Crippen molar-refractivity contribution in [2.24, 2.45) is 22.7 Å². The van der Waals surface area contributed by atoms with Gasteiger partial charge in [0.2, 0.25) is 0 Å². The topological polar surface area (TPSA) is 46.5 Å². The largest absolute Gasteiger partial charge is 0.368 e. The Kier molecular flexibility index (Phi) is 4.31. The fourth-order valence-corrected chi connectivity index (χ4v) is 5.84. The highest BCUT2D eigenvalue weighted by molar-refractivity contribution is 5.77. The van der Waals surface area contributed by atoms with Crippen LogP contribution in [-0.2, 0) is 9.53 Å². The quantitative estimate of drug-likeness (QED) is 0.782. The first-order chi connectivity index (χ1) is 10.8. The minimum absolute atomic E-state index is 0.116. The second kappa shape index (κ2) is 5.86. The summed E-state index contributed by atoms with van der Waals surface area (Å²) < 4.78 is 6.02. The van der Waals surface area contributed by atoms with Crippen molar-refractivity contribution in [3.8, 4) is 0 Å². The van der Waals surface area contributed by atoms with Crippen LogP contribution in [0.25, 0.3) is 0 Å². The van der Waals surface area contributed by atoms with Crippen LogP contribution in [0.5, 0.6) is 0 Å². The molecular formula is C20H30O3. The zero-order valence-corrected chi connectivity index (χ0v) is 14.7. The number of aliphatic hydroxyl groups excluding tert-OH is 1. The van der Waals surface area contributed by atoms with Gasteiger partial charge in [-0.3, -0.25) is 4.79 Å². The summed E-state index contributed by atoms with van der Waals surface area (Å²) in [6.45, 7) is 10.9. The molecule has 1 aliphatic heterocycles. The average Bonchev–Trinajstić information content (AvgIpc) is 2.61. The maximum absolute atomic E-state index is 11.7. The number of hydrogen-bond donors (Lipinski definition) is 1. The van der Waals surface area contributed by atoms with E-state index in [4.69, 9.17) is 4.74 Å². The van der Waals surface area contributed by atoms with Crippen LogP contribution in [0.2, 0.25) is 0 Å². The minimum Gasteiger partial charge on any atom is -0.368 e. The van der Waals surface area contributed by atoms with Crippen molar-refractivity contribution in [2.75, 3.05) is 0 Å². The smallest absolute Gasteiger partial charge is 0.155 e. The van der Waals surface area contributed by atoms with E-state index in [1.165, 1.54) is 12.8 Å². The highest BCUT2D eigenvalue weighted by Gasteiger charge is 2.56. The first-order valence-corrected chi connectivity index (χ1v) is 8.97. The number of aliphatic hydroxyl groups is 1. The van der Waals surface area contributed by atoms with Crippen molar-refractivity contribution >= 4 is 6.29 Å². The predicted molar refractivity (Wildman–Crippen MR) is 90.7 cm³/mol. The van der Waals surface area contributed by atoms with Crippen molar-refractivity contribution in [3.05, 3.63) is 23.8 Å². The maximum atomic E-state index is 11.7. The van der Waals surface area contributed by atoms with Crippen molar-refractivity contribution < 1.29 is 14.6 Å². The van der Waals surface area contributed by atoms with Crippen molar-refractivity contribution in [3.63, 3.8) is 0 Å². The Morgan fingerprint density at radius 3 is 2.70 bits per heavy atom. The van der Waals surface area contributed by atoms with Gasteiger partial charge in [0.15, 0.2) is 6.29 Å². The number of carbonyl (C=O) groups is 1. The molecule has 1 saturated carbocycles. The van der Waals surface area contributed by atoms with E-state index < -0.39 is 6.29 Å². The molecule has 0 aromatic carbocycles. The van der Waals surface area contributed by atoms with Crippen molar-refractivity contribution in [1.29, 1.82) is 0 Å². The average molecular weight is 318 g/mol. The molecule has 0 aromatic rings. The highest BCUT2D eigenvalue weighted by atomic mass is 16.6. The van der Waals surface area contributed by atoms with Crippen LogP contribution in [0.3, 0.4) is 0 Å².